The van der Waals surface area contributed by atoms with Gasteiger partial charge in [0.2, 0.25) is 5.75 Å². The fraction of sp³-hybridized carbons (Fsp3) is 0.278. The van der Waals surface area contributed by atoms with Crippen LogP contribution < -0.4 is 9.64 Å². The molecular weight excluding hydrogens is 358 g/mol. The molecule has 2 aromatic rings. The maximum Gasteiger partial charge on any atom is 0.313 e. The van der Waals surface area contributed by atoms with Gasteiger partial charge in [-0.2, -0.15) is 0 Å². The van der Waals surface area contributed by atoms with Crippen molar-refractivity contribution in [3.8, 4) is 11.5 Å². The summed E-state index contributed by atoms with van der Waals surface area (Å²) >= 11 is 6.05. The van der Waals surface area contributed by atoms with Crippen LogP contribution in [-0.4, -0.2) is 49.0 Å². The highest BCUT2D eigenvalue weighted by Crippen LogP contribution is 2.37. The van der Waals surface area contributed by atoms with Crippen LogP contribution in [-0.2, 0) is 0 Å². The fourth-order valence-corrected chi connectivity index (χ4v) is 3.03. The number of hydrogen-bond donors (Lipinski definition) is 1. The number of quaternary nitrogens is 1. The SMILES string of the molecule is C[NH+]1CCN(C(=O)c2cccc(Oc3c(Cl)cccc3[N+](=O)[O-])c2)CC1. The third-order valence-corrected chi connectivity index (χ3v) is 4.65. The Kier molecular flexibility index (Phi) is 5.39. The number of nitrogens with one attached hydrogen (secondary N) is 1. The molecule has 0 aliphatic carbocycles. The number of rotatable bonds is 4. The maximum absolute atomic E-state index is 12.7. The molecule has 1 N–H and O–H groups in total. The molecule has 1 saturated heterocycles. The molecule has 1 amide bonds. The molecule has 1 aliphatic rings. The van der Waals surface area contributed by atoms with E-state index in [2.05, 4.69) is 7.05 Å². The number of halogens is 1. The summed E-state index contributed by atoms with van der Waals surface area (Å²) in [6.07, 6.45) is 0. The van der Waals surface area contributed by atoms with Gasteiger partial charge in [-0.1, -0.05) is 23.7 Å². The Hall–Kier alpha value is -2.64. The molecule has 0 saturated carbocycles. The van der Waals surface area contributed by atoms with Crippen LogP contribution in [0.25, 0.3) is 0 Å². The highest BCUT2D eigenvalue weighted by molar-refractivity contribution is 6.32. The summed E-state index contributed by atoms with van der Waals surface area (Å²) < 4.78 is 5.65. The van der Waals surface area contributed by atoms with Crippen LogP contribution in [0.15, 0.2) is 42.5 Å². The van der Waals surface area contributed by atoms with Gasteiger partial charge in [-0.25, -0.2) is 0 Å². The Balaban J connectivity index is 1.82. The van der Waals surface area contributed by atoms with Crippen molar-refractivity contribution in [2.75, 3.05) is 33.2 Å². The van der Waals surface area contributed by atoms with Gasteiger partial charge in [-0.15, -0.1) is 0 Å². The summed E-state index contributed by atoms with van der Waals surface area (Å²) in [5.74, 6) is 0.218. The van der Waals surface area contributed by atoms with E-state index in [1.165, 1.54) is 23.1 Å². The number of likely N-dealkylation sites (N-methyl/N-ethyl adjacent to an activating group) is 1. The van der Waals surface area contributed by atoms with Gasteiger partial charge in [-0.3, -0.25) is 14.9 Å². The van der Waals surface area contributed by atoms with E-state index < -0.39 is 4.92 Å². The number of piperazine rings is 1. The van der Waals surface area contributed by atoms with Crippen LogP contribution >= 0.6 is 11.6 Å². The predicted molar refractivity (Wildman–Crippen MR) is 97.1 cm³/mol. The van der Waals surface area contributed by atoms with Crippen molar-refractivity contribution in [3.05, 3.63) is 63.2 Å². The van der Waals surface area contributed by atoms with Crippen LogP contribution in [0, 0.1) is 10.1 Å². The zero-order valence-corrected chi connectivity index (χ0v) is 15.0. The predicted octanol–water partition coefficient (Wildman–Crippen LogP) is 2.01. The topological polar surface area (TPSA) is 77.1 Å². The molecule has 0 bridgehead atoms. The van der Waals surface area contributed by atoms with Gasteiger partial charge in [-0.05, 0) is 24.3 Å². The fourth-order valence-electron chi connectivity index (χ4n) is 2.83. The second-order valence-corrected chi connectivity index (χ2v) is 6.63. The average molecular weight is 377 g/mol. The Morgan fingerprint density at radius 1 is 1.23 bits per heavy atom. The standard InChI is InChI=1S/C18H18ClN3O4/c1-20-8-10-21(11-9-20)18(23)13-4-2-5-14(12-13)26-17-15(19)6-3-7-16(17)22(24)25/h2-7,12H,8-11H2,1H3/p+1. The third kappa shape index (κ3) is 3.95. The van der Waals surface area contributed by atoms with Crippen molar-refractivity contribution >= 4 is 23.2 Å². The molecule has 26 heavy (non-hydrogen) atoms. The van der Waals surface area contributed by atoms with Crippen LogP contribution in [0.3, 0.4) is 0 Å². The van der Waals surface area contributed by atoms with Crippen LogP contribution in [0.4, 0.5) is 5.69 Å². The van der Waals surface area contributed by atoms with E-state index in [4.69, 9.17) is 16.3 Å². The molecule has 7 nitrogen and oxygen atoms in total. The van der Waals surface area contributed by atoms with Crippen molar-refractivity contribution in [1.29, 1.82) is 0 Å². The first-order valence-electron chi connectivity index (χ1n) is 8.27. The maximum atomic E-state index is 12.7. The van der Waals surface area contributed by atoms with Crippen LogP contribution in [0.5, 0.6) is 11.5 Å². The van der Waals surface area contributed by atoms with E-state index in [0.29, 0.717) is 24.4 Å². The van der Waals surface area contributed by atoms with Gasteiger partial charge in [0.25, 0.3) is 5.91 Å². The lowest BCUT2D eigenvalue weighted by atomic mass is 10.1. The number of ether oxygens (including phenoxy) is 1. The lowest BCUT2D eigenvalue weighted by Crippen LogP contribution is -3.12. The number of carbonyl (C=O) groups is 1. The second-order valence-electron chi connectivity index (χ2n) is 6.22. The monoisotopic (exact) mass is 376 g/mol. The molecule has 136 valence electrons. The number of para-hydroxylation sites is 1. The molecule has 0 aromatic heterocycles. The summed E-state index contributed by atoms with van der Waals surface area (Å²) in [5, 5.41) is 11.3. The molecule has 1 aliphatic heterocycles. The summed E-state index contributed by atoms with van der Waals surface area (Å²) in [7, 11) is 2.10. The Morgan fingerprint density at radius 3 is 2.62 bits per heavy atom. The van der Waals surface area contributed by atoms with Gasteiger partial charge in [0.05, 0.1) is 43.2 Å². The van der Waals surface area contributed by atoms with Gasteiger partial charge in [0.15, 0.2) is 0 Å². The van der Waals surface area contributed by atoms with E-state index in [0.717, 1.165) is 13.1 Å². The van der Waals surface area contributed by atoms with E-state index in [1.54, 1.807) is 24.3 Å². The van der Waals surface area contributed by atoms with Crippen LogP contribution in [0.1, 0.15) is 10.4 Å². The molecule has 2 aromatic carbocycles. The Bertz CT molecular complexity index is 835. The number of benzene rings is 2. The van der Waals surface area contributed by atoms with E-state index >= 15 is 0 Å². The summed E-state index contributed by atoms with van der Waals surface area (Å²) in [5.41, 5.74) is 0.257. The Labute approximate surface area is 155 Å². The number of nitrogens with zero attached hydrogens (tertiary/aromatic N) is 2. The summed E-state index contributed by atoms with van der Waals surface area (Å²) in [6.45, 7) is 3.22. The van der Waals surface area contributed by atoms with Crippen molar-refractivity contribution in [3.63, 3.8) is 0 Å². The number of nitro benzene ring substituents is 1. The van der Waals surface area contributed by atoms with E-state index in [9.17, 15) is 14.9 Å². The van der Waals surface area contributed by atoms with Crippen molar-refractivity contribution in [1.82, 2.24) is 4.90 Å². The average Bonchev–Trinajstić information content (AvgIpc) is 2.63. The summed E-state index contributed by atoms with van der Waals surface area (Å²) in [6, 6.07) is 10.9. The molecular formula is C18H19ClN3O4+. The van der Waals surface area contributed by atoms with Crippen molar-refractivity contribution in [2.45, 2.75) is 0 Å². The number of nitro groups is 1. The summed E-state index contributed by atoms with van der Waals surface area (Å²) in [4.78, 5) is 26.5. The van der Waals surface area contributed by atoms with Gasteiger partial charge < -0.3 is 14.5 Å². The zero-order valence-electron chi connectivity index (χ0n) is 14.3. The van der Waals surface area contributed by atoms with Crippen molar-refractivity contribution in [2.24, 2.45) is 0 Å². The molecule has 3 rings (SSSR count). The number of carbonyl (C=O) groups excluding carboxylic acids is 1. The molecule has 0 unspecified atom stereocenters. The molecule has 0 radical (unpaired) electrons. The minimum absolute atomic E-state index is 0.0352. The third-order valence-electron chi connectivity index (χ3n) is 4.35. The second kappa shape index (κ2) is 7.72. The Morgan fingerprint density at radius 2 is 1.92 bits per heavy atom. The van der Waals surface area contributed by atoms with E-state index in [1.807, 2.05) is 4.90 Å². The first kappa shape index (κ1) is 18.2. The minimum atomic E-state index is -0.553. The molecule has 0 spiro atoms. The van der Waals surface area contributed by atoms with Gasteiger partial charge in [0, 0.05) is 11.6 Å². The van der Waals surface area contributed by atoms with Gasteiger partial charge >= 0.3 is 5.69 Å². The lowest BCUT2D eigenvalue weighted by molar-refractivity contribution is -0.883. The first-order valence-corrected chi connectivity index (χ1v) is 8.65. The molecule has 0 atom stereocenters. The van der Waals surface area contributed by atoms with E-state index in [-0.39, 0.29) is 22.4 Å². The lowest BCUT2D eigenvalue weighted by Gasteiger charge is -2.30. The highest BCUT2D eigenvalue weighted by atomic mass is 35.5. The van der Waals surface area contributed by atoms with Crippen LogP contribution in [0.2, 0.25) is 5.02 Å². The normalized spacial score (nSPS) is 14.9. The highest BCUT2D eigenvalue weighted by Gasteiger charge is 2.23. The van der Waals surface area contributed by atoms with Gasteiger partial charge in [0.1, 0.15) is 5.75 Å². The van der Waals surface area contributed by atoms with Crippen molar-refractivity contribution < 1.29 is 19.4 Å². The molecule has 8 heteroatoms. The number of amides is 1. The smallest absolute Gasteiger partial charge is 0.313 e. The quantitative estimate of drug-likeness (QED) is 0.654. The zero-order chi connectivity index (χ0) is 18.7. The molecule has 1 fully saturated rings. The minimum Gasteiger partial charge on any atom is -0.449 e. The first-order chi connectivity index (χ1) is 12.5. The molecule has 1 heterocycles. The number of hydrogen-bond acceptors (Lipinski definition) is 4. The largest absolute Gasteiger partial charge is 0.449 e.